The standard InChI is InChI=1S/C9H8/c1-2-5-9-7-3-6-8(9)4-1/h1,4H,3,6-7H2. The third-order valence-electron chi connectivity index (χ3n) is 1.85. The molecule has 0 heteroatoms. The Labute approximate surface area is 55.5 Å². The van der Waals surface area contributed by atoms with E-state index in [-0.39, 0.29) is 0 Å². The van der Waals surface area contributed by atoms with Gasteiger partial charge in [0.25, 0.3) is 0 Å². The van der Waals surface area contributed by atoms with Gasteiger partial charge in [-0.25, -0.2) is 0 Å². The molecule has 0 nitrogen and oxygen atoms in total. The molecule has 0 saturated carbocycles. The molecule has 0 amide bonds. The fraction of sp³-hybridized carbons (Fsp3) is 0.333. The maximum atomic E-state index is 3.12. The molecule has 1 aliphatic carbocycles. The molecule has 9 heavy (non-hydrogen) atoms. The second-order valence-corrected chi connectivity index (χ2v) is 2.46. The van der Waals surface area contributed by atoms with Crippen molar-refractivity contribution in [3.8, 4) is 0 Å². The number of aryl methyl sites for hydroxylation is 1. The molecular formula is C9H8. The van der Waals surface area contributed by atoms with Crippen LogP contribution in [0, 0.1) is 12.1 Å². The Hall–Kier alpha value is -0.960. The first-order chi connectivity index (χ1) is 4.47. The molecule has 1 aromatic rings. The lowest BCUT2D eigenvalue weighted by molar-refractivity contribution is 0.912. The molecule has 0 radical (unpaired) electrons. The van der Waals surface area contributed by atoms with Crippen molar-refractivity contribution >= 4 is 0 Å². The van der Waals surface area contributed by atoms with E-state index < -0.39 is 0 Å². The molecule has 0 heterocycles. The van der Waals surface area contributed by atoms with Crippen LogP contribution < -0.4 is 0 Å². The molecule has 0 aliphatic heterocycles. The summed E-state index contributed by atoms with van der Waals surface area (Å²) in [7, 11) is 0. The van der Waals surface area contributed by atoms with E-state index in [9.17, 15) is 0 Å². The molecule has 0 unspecified atom stereocenters. The van der Waals surface area contributed by atoms with Crippen LogP contribution in [0.25, 0.3) is 0 Å². The van der Waals surface area contributed by atoms with Gasteiger partial charge in [-0.2, -0.15) is 0 Å². The first-order valence-corrected chi connectivity index (χ1v) is 3.37. The van der Waals surface area contributed by atoms with Crippen LogP contribution in [0.15, 0.2) is 12.1 Å². The molecule has 0 spiro atoms. The van der Waals surface area contributed by atoms with Crippen molar-refractivity contribution in [2.75, 3.05) is 0 Å². The minimum atomic E-state index is 1.21. The topological polar surface area (TPSA) is 0 Å². The molecule has 2 rings (SSSR count). The van der Waals surface area contributed by atoms with Crippen molar-refractivity contribution in [3.05, 3.63) is 35.4 Å². The van der Waals surface area contributed by atoms with E-state index in [1.807, 2.05) is 6.07 Å². The van der Waals surface area contributed by atoms with Crippen molar-refractivity contribution in [2.24, 2.45) is 0 Å². The molecule has 0 bridgehead atoms. The molecule has 1 aliphatic rings. The van der Waals surface area contributed by atoms with Gasteiger partial charge in [0, 0.05) is 5.56 Å². The van der Waals surface area contributed by atoms with Gasteiger partial charge in [0.2, 0.25) is 0 Å². The predicted molar refractivity (Wildman–Crippen MR) is 36.1 cm³/mol. The van der Waals surface area contributed by atoms with Crippen molar-refractivity contribution in [1.29, 1.82) is 0 Å². The number of hydrogen-bond donors (Lipinski definition) is 0. The smallest absolute Gasteiger partial charge is 0.00561 e. The van der Waals surface area contributed by atoms with Crippen LogP contribution in [0.2, 0.25) is 0 Å². The lowest BCUT2D eigenvalue weighted by atomic mass is 10.2. The molecule has 0 N–H and O–H groups in total. The lowest BCUT2D eigenvalue weighted by Crippen LogP contribution is -1.75. The van der Waals surface area contributed by atoms with Crippen LogP contribution in [-0.4, -0.2) is 0 Å². The van der Waals surface area contributed by atoms with Crippen LogP contribution in [0.5, 0.6) is 0 Å². The maximum absolute atomic E-state index is 3.12. The van der Waals surface area contributed by atoms with Gasteiger partial charge in [-0.05, 0) is 37.0 Å². The number of hydrogen-bond acceptors (Lipinski definition) is 0. The normalized spacial score (nSPS) is 14.7. The van der Waals surface area contributed by atoms with E-state index in [1.165, 1.54) is 30.4 Å². The van der Waals surface area contributed by atoms with Gasteiger partial charge >= 0.3 is 0 Å². The van der Waals surface area contributed by atoms with Gasteiger partial charge in [0.15, 0.2) is 0 Å². The van der Waals surface area contributed by atoms with Gasteiger partial charge in [0.1, 0.15) is 0 Å². The Morgan fingerprint density at radius 2 is 2.33 bits per heavy atom. The highest BCUT2D eigenvalue weighted by Gasteiger charge is 2.07. The molecule has 44 valence electrons. The monoisotopic (exact) mass is 116 g/mol. The Kier molecular flexibility index (Phi) is 0.960. The SMILES string of the molecule is c1ccc2c(c#1)CCC2. The minimum Gasteiger partial charge on any atom is -0.0699 e. The third-order valence-corrected chi connectivity index (χ3v) is 1.85. The van der Waals surface area contributed by atoms with E-state index >= 15 is 0 Å². The summed E-state index contributed by atoms with van der Waals surface area (Å²) in [6.45, 7) is 0. The van der Waals surface area contributed by atoms with Crippen LogP contribution in [0.4, 0.5) is 0 Å². The van der Waals surface area contributed by atoms with Gasteiger partial charge in [-0.3, -0.25) is 0 Å². The second kappa shape index (κ2) is 1.77. The summed E-state index contributed by atoms with van der Waals surface area (Å²) >= 11 is 0. The highest BCUT2D eigenvalue weighted by atomic mass is 14.1. The highest BCUT2D eigenvalue weighted by Crippen LogP contribution is 2.17. The summed E-state index contributed by atoms with van der Waals surface area (Å²) in [5.74, 6) is 0. The largest absolute Gasteiger partial charge is 0.0699 e. The molecule has 0 fully saturated rings. The third kappa shape index (κ3) is 0.695. The van der Waals surface area contributed by atoms with Crippen molar-refractivity contribution in [2.45, 2.75) is 19.3 Å². The number of fused-ring (bicyclic) bond motifs is 1. The van der Waals surface area contributed by atoms with Gasteiger partial charge in [0.05, 0.1) is 0 Å². The van der Waals surface area contributed by atoms with E-state index in [0.29, 0.717) is 0 Å². The first kappa shape index (κ1) is 4.88. The lowest BCUT2D eigenvalue weighted by Gasteiger charge is -1.87. The van der Waals surface area contributed by atoms with Crippen LogP contribution in [0.1, 0.15) is 17.5 Å². The zero-order chi connectivity index (χ0) is 6.10. The van der Waals surface area contributed by atoms with Crippen LogP contribution in [0.3, 0.4) is 0 Å². The van der Waals surface area contributed by atoms with Crippen LogP contribution >= 0.6 is 0 Å². The Balaban J connectivity index is 2.54. The van der Waals surface area contributed by atoms with Gasteiger partial charge in [-0.1, -0.05) is 12.1 Å². The second-order valence-electron chi connectivity index (χ2n) is 2.46. The fourth-order valence-corrected chi connectivity index (χ4v) is 1.36. The van der Waals surface area contributed by atoms with E-state index in [1.54, 1.807) is 0 Å². The Morgan fingerprint density at radius 3 is 3.22 bits per heavy atom. The van der Waals surface area contributed by atoms with Crippen LogP contribution in [-0.2, 0) is 12.8 Å². The predicted octanol–water partition coefficient (Wildman–Crippen LogP) is 1.78. The molecular weight excluding hydrogens is 108 g/mol. The van der Waals surface area contributed by atoms with E-state index in [0.717, 1.165) is 0 Å². The fourth-order valence-electron chi connectivity index (χ4n) is 1.36. The first-order valence-electron chi connectivity index (χ1n) is 3.37. The Bertz CT molecular complexity index is 190. The van der Waals surface area contributed by atoms with Crippen molar-refractivity contribution < 1.29 is 0 Å². The van der Waals surface area contributed by atoms with Gasteiger partial charge in [-0.15, -0.1) is 0 Å². The molecule has 0 saturated heterocycles. The van der Waals surface area contributed by atoms with Crippen molar-refractivity contribution in [3.63, 3.8) is 0 Å². The summed E-state index contributed by atoms with van der Waals surface area (Å²) in [4.78, 5) is 0. The average Bonchev–Trinajstić information content (AvgIpc) is 2.33. The van der Waals surface area contributed by atoms with E-state index in [4.69, 9.17) is 0 Å². The Morgan fingerprint density at radius 1 is 1.33 bits per heavy atom. The summed E-state index contributed by atoms with van der Waals surface area (Å²) in [6.07, 6.45) is 3.77. The van der Waals surface area contributed by atoms with E-state index in [2.05, 4.69) is 18.2 Å². The zero-order valence-electron chi connectivity index (χ0n) is 5.28. The van der Waals surface area contributed by atoms with Crippen molar-refractivity contribution in [1.82, 2.24) is 0 Å². The summed E-state index contributed by atoms with van der Waals surface area (Å²) < 4.78 is 0. The summed E-state index contributed by atoms with van der Waals surface area (Å²) in [5, 5.41) is 0. The summed E-state index contributed by atoms with van der Waals surface area (Å²) in [6, 6.07) is 10.2. The quantitative estimate of drug-likeness (QED) is 0.484. The zero-order valence-corrected chi connectivity index (χ0v) is 5.28. The maximum Gasteiger partial charge on any atom is 0.00561 e. The number of rotatable bonds is 0. The minimum absolute atomic E-state index is 1.21. The molecule has 1 aromatic carbocycles. The molecule has 0 aromatic heterocycles. The molecule has 0 atom stereocenters. The van der Waals surface area contributed by atoms with Gasteiger partial charge < -0.3 is 0 Å². The highest BCUT2D eigenvalue weighted by molar-refractivity contribution is 5.26. The summed E-state index contributed by atoms with van der Waals surface area (Å²) in [5.41, 5.74) is 2.87. The average molecular weight is 116 g/mol.